The lowest BCUT2D eigenvalue weighted by atomic mass is 9.94. The highest BCUT2D eigenvalue weighted by molar-refractivity contribution is 6.30. The van der Waals surface area contributed by atoms with E-state index < -0.39 is 0 Å². The molecular formula is C17H23ClN2O2. The van der Waals surface area contributed by atoms with Gasteiger partial charge in [0.25, 0.3) is 0 Å². The fourth-order valence-electron chi connectivity index (χ4n) is 2.96. The van der Waals surface area contributed by atoms with Crippen molar-refractivity contribution >= 4 is 18.0 Å². The molecule has 0 aromatic heterocycles. The summed E-state index contributed by atoms with van der Waals surface area (Å²) in [5.41, 5.74) is 3.68. The average molecular weight is 323 g/mol. The first-order valence-electron chi connectivity index (χ1n) is 7.64. The largest absolute Gasteiger partial charge is 0.383 e. The molecule has 1 amide bonds. The van der Waals surface area contributed by atoms with Crippen LogP contribution in [0, 0.1) is 0 Å². The number of hydrogen-bond donors (Lipinski definition) is 0. The van der Waals surface area contributed by atoms with Crippen molar-refractivity contribution in [1.29, 1.82) is 0 Å². The van der Waals surface area contributed by atoms with E-state index in [2.05, 4.69) is 36.9 Å². The van der Waals surface area contributed by atoms with Gasteiger partial charge in [-0.25, -0.2) is 0 Å². The number of carbonyl (C=O) groups is 1. The Labute approximate surface area is 137 Å². The Bertz CT molecular complexity index is 537. The van der Waals surface area contributed by atoms with Gasteiger partial charge in [-0.05, 0) is 24.0 Å². The third-order valence-corrected chi connectivity index (χ3v) is 4.36. The lowest BCUT2D eigenvalue weighted by molar-refractivity contribution is -0.119. The summed E-state index contributed by atoms with van der Waals surface area (Å²) in [7, 11) is 1.67. The minimum Gasteiger partial charge on any atom is -0.383 e. The fourth-order valence-corrected chi connectivity index (χ4v) is 3.22. The van der Waals surface area contributed by atoms with Crippen LogP contribution in [-0.4, -0.2) is 36.5 Å². The molecule has 0 spiro atoms. The molecule has 4 nitrogen and oxygen atoms in total. The predicted molar refractivity (Wildman–Crippen MR) is 88.4 cm³/mol. The molecule has 0 fully saturated rings. The number of rotatable bonds is 7. The first-order valence-corrected chi connectivity index (χ1v) is 8.01. The van der Waals surface area contributed by atoms with Crippen molar-refractivity contribution in [1.82, 2.24) is 9.80 Å². The van der Waals surface area contributed by atoms with Gasteiger partial charge in [-0.15, -0.1) is 0 Å². The normalized spacial score (nSPS) is 17.8. The number of benzene rings is 1. The Kier molecular flexibility index (Phi) is 5.86. The molecule has 120 valence electrons. The Morgan fingerprint density at radius 2 is 1.91 bits per heavy atom. The molecule has 0 aliphatic carbocycles. The summed E-state index contributed by atoms with van der Waals surface area (Å²) < 4.78 is 5.18. The lowest BCUT2D eigenvalue weighted by Gasteiger charge is -2.33. The van der Waals surface area contributed by atoms with Crippen molar-refractivity contribution in [2.45, 2.75) is 32.9 Å². The van der Waals surface area contributed by atoms with Gasteiger partial charge in [0.15, 0.2) is 0 Å². The van der Waals surface area contributed by atoms with Crippen LogP contribution in [-0.2, 0) is 22.4 Å². The standard InChI is InChI=1S/C17H23ClN2O2/c1-4-13-7-6-8-14(5-2)16(13)17-19(9-10-22-3)11-15(18)20(17)12-21/h6-8,11-12,17H,4-5,9-10H2,1-3H3. The van der Waals surface area contributed by atoms with Gasteiger partial charge < -0.3 is 9.64 Å². The molecule has 1 aromatic rings. The van der Waals surface area contributed by atoms with Gasteiger partial charge in [0.05, 0.1) is 6.61 Å². The third-order valence-electron chi connectivity index (χ3n) is 4.07. The smallest absolute Gasteiger partial charge is 0.216 e. The van der Waals surface area contributed by atoms with Crippen molar-refractivity contribution in [3.63, 3.8) is 0 Å². The number of hydrogen-bond acceptors (Lipinski definition) is 3. The monoisotopic (exact) mass is 322 g/mol. The minimum atomic E-state index is -0.189. The number of aryl methyl sites for hydroxylation is 2. The van der Waals surface area contributed by atoms with E-state index in [1.165, 1.54) is 16.7 Å². The van der Waals surface area contributed by atoms with E-state index in [1.54, 1.807) is 12.0 Å². The van der Waals surface area contributed by atoms with Gasteiger partial charge >= 0.3 is 0 Å². The molecule has 1 aliphatic rings. The quantitative estimate of drug-likeness (QED) is 0.570. The van der Waals surface area contributed by atoms with E-state index in [0.29, 0.717) is 18.3 Å². The second-order valence-electron chi connectivity index (χ2n) is 5.27. The molecule has 1 aromatic carbocycles. The van der Waals surface area contributed by atoms with Gasteiger partial charge in [-0.3, -0.25) is 9.69 Å². The summed E-state index contributed by atoms with van der Waals surface area (Å²) in [6, 6.07) is 6.33. The summed E-state index contributed by atoms with van der Waals surface area (Å²) in [6.07, 6.45) is 4.28. The van der Waals surface area contributed by atoms with Crippen molar-refractivity contribution in [2.75, 3.05) is 20.3 Å². The van der Waals surface area contributed by atoms with Crippen LogP contribution in [0.1, 0.15) is 36.7 Å². The van der Waals surface area contributed by atoms with E-state index in [0.717, 1.165) is 19.3 Å². The van der Waals surface area contributed by atoms with Crippen LogP contribution in [0.4, 0.5) is 0 Å². The lowest BCUT2D eigenvalue weighted by Crippen LogP contribution is -2.34. The molecule has 1 aliphatic heterocycles. The van der Waals surface area contributed by atoms with Crippen LogP contribution >= 0.6 is 11.6 Å². The van der Waals surface area contributed by atoms with Crippen LogP contribution in [0.15, 0.2) is 29.6 Å². The highest BCUT2D eigenvalue weighted by Crippen LogP contribution is 2.38. The average Bonchev–Trinajstić information content (AvgIpc) is 2.86. The zero-order valence-corrected chi connectivity index (χ0v) is 14.1. The van der Waals surface area contributed by atoms with E-state index in [4.69, 9.17) is 16.3 Å². The molecule has 5 heteroatoms. The summed E-state index contributed by atoms with van der Waals surface area (Å²) >= 11 is 6.26. The van der Waals surface area contributed by atoms with Crippen LogP contribution < -0.4 is 0 Å². The Balaban J connectivity index is 2.49. The van der Waals surface area contributed by atoms with Gasteiger partial charge in [-0.1, -0.05) is 43.6 Å². The van der Waals surface area contributed by atoms with Gasteiger partial charge in [-0.2, -0.15) is 0 Å². The second kappa shape index (κ2) is 7.65. The summed E-state index contributed by atoms with van der Waals surface area (Å²) in [4.78, 5) is 15.2. The van der Waals surface area contributed by atoms with Crippen LogP contribution in [0.2, 0.25) is 0 Å². The first kappa shape index (κ1) is 16.8. The molecular weight excluding hydrogens is 300 g/mol. The molecule has 1 atom stereocenters. The third kappa shape index (κ3) is 3.13. The molecule has 0 saturated carbocycles. The predicted octanol–water partition coefficient (Wildman–Crippen LogP) is 3.27. The zero-order valence-electron chi connectivity index (χ0n) is 13.4. The van der Waals surface area contributed by atoms with Gasteiger partial charge in [0, 0.05) is 25.4 Å². The number of amides is 1. The topological polar surface area (TPSA) is 32.8 Å². The molecule has 22 heavy (non-hydrogen) atoms. The molecule has 0 N–H and O–H groups in total. The molecule has 0 radical (unpaired) electrons. The molecule has 1 heterocycles. The van der Waals surface area contributed by atoms with Crippen molar-refractivity contribution in [3.8, 4) is 0 Å². The van der Waals surface area contributed by atoms with Crippen molar-refractivity contribution < 1.29 is 9.53 Å². The Morgan fingerprint density at radius 1 is 1.27 bits per heavy atom. The minimum absolute atomic E-state index is 0.189. The number of carbonyl (C=O) groups excluding carboxylic acids is 1. The number of halogens is 1. The maximum absolute atomic E-state index is 11.6. The first-order chi connectivity index (χ1) is 10.7. The van der Waals surface area contributed by atoms with Crippen LogP contribution in [0.5, 0.6) is 0 Å². The number of nitrogens with zero attached hydrogens (tertiary/aromatic N) is 2. The molecule has 0 bridgehead atoms. The number of ether oxygens (including phenoxy) is 1. The van der Waals surface area contributed by atoms with E-state index in [9.17, 15) is 4.79 Å². The SMILES string of the molecule is CCc1cccc(CC)c1C1N(CCOC)C=C(Cl)N1C=O. The molecule has 2 rings (SSSR count). The maximum atomic E-state index is 11.6. The summed E-state index contributed by atoms with van der Waals surface area (Å²) in [5.74, 6) is 0. The van der Waals surface area contributed by atoms with E-state index in [1.807, 2.05) is 6.20 Å². The zero-order chi connectivity index (χ0) is 16.1. The fraction of sp³-hybridized carbons (Fsp3) is 0.471. The second-order valence-corrected chi connectivity index (χ2v) is 5.65. The van der Waals surface area contributed by atoms with Crippen molar-refractivity contribution in [2.24, 2.45) is 0 Å². The van der Waals surface area contributed by atoms with Crippen molar-refractivity contribution in [3.05, 3.63) is 46.2 Å². The Hall–Kier alpha value is -1.52. The Morgan fingerprint density at radius 3 is 2.41 bits per heavy atom. The highest BCUT2D eigenvalue weighted by Gasteiger charge is 2.34. The van der Waals surface area contributed by atoms with E-state index >= 15 is 0 Å². The van der Waals surface area contributed by atoms with Crippen LogP contribution in [0.3, 0.4) is 0 Å². The van der Waals surface area contributed by atoms with Crippen LogP contribution in [0.25, 0.3) is 0 Å². The highest BCUT2D eigenvalue weighted by atomic mass is 35.5. The number of methoxy groups -OCH3 is 1. The van der Waals surface area contributed by atoms with Gasteiger partial charge in [0.2, 0.25) is 6.41 Å². The van der Waals surface area contributed by atoms with E-state index in [-0.39, 0.29) is 6.17 Å². The maximum Gasteiger partial charge on any atom is 0.216 e. The molecule has 0 saturated heterocycles. The van der Waals surface area contributed by atoms with Gasteiger partial charge in [0.1, 0.15) is 11.3 Å². The summed E-state index contributed by atoms with van der Waals surface area (Å²) in [5, 5.41) is 0.448. The molecule has 1 unspecified atom stereocenters. The summed E-state index contributed by atoms with van der Waals surface area (Å²) in [6.45, 7) is 5.53.